The second-order valence-corrected chi connectivity index (χ2v) is 9.69. The molecule has 1 aliphatic heterocycles. The lowest BCUT2D eigenvalue weighted by Gasteiger charge is -2.42. The van der Waals surface area contributed by atoms with E-state index >= 15 is 0 Å². The molecule has 1 saturated carbocycles. The number of nitrogens with two attached hydrogens (primary N) is 1. The summed E-state index contributed by atoms with van der Waals surface area (Å²) in [5.41, 5.74) is 7.66. The first-order chi connectivity index (χ1) is 15.4. The summed E-state index contributed by atoms with van der Waals surface area (Å²) in [4.78, 5) is 16.2. The van der Waals surface area contributed by atoms with Crippen LogP contribution in [0.5, 0.6) is 0 Å². The van der Waals surface area contributed by atoms with Gasteiger partial charge in [0.05, 0.1) is 7.05 Å². The van der Waals surface area contributed by atoms with Gasteiger partial charge in [-0.05, 0) is 32.4 Å². The Balaban J connectivity index is 1.73. The van der Waals surface area contributed by atoms with Gasteiger partial charge in [-0.3, -0.25) is 0 Å². The maximum atomic E-state index is 14.7. The molecule has 2 fully saturated rings. The van der Waals surface area contributed by atoms with E-state index in [2.05, 4.69) is 34.3 Å². The van der Waals surface area contributed by atoms with E-state index in [-0.39, 0.29) is 17.8 Å². The number of halogens is 1. The molecule has 32 heavy (non-hydrogen) atoms. The zero-order valence-corrected chi connectivity index (χ0v) is 19.6. The Hall–Kier alpha value is -2.32. The topological polar surface area (TPSA) is 80.0 Å². The molecule has 2 heterocycles. The minimum atomic E-state index is -0.210. The van der Waals surface area contributed by atoms with Crippen LogP contribution in [0.25, 0.3) is 0 Å². The molecule has 1 aromatic carbocycles. The highest BCUT2D eigenvalue weighted by Crippen LogP contribution is 2.38. The van der Waals surface area contributed by atoms with E-state index in [0.717, 1.165) is 44.5 Å². The molecule has 0 bridgehead atoms. The van der Waals surface area contributed by atoms with Crippen LogP contribution < -0.4 is 15.5 Å². The number of anilines is 2. The number of aromatic nitrogens is 3. The van der Waals surface area contributed by atoms with Crippen molar-refractivity contribution < 1.29 is 4.39 Å². The zero-order chi connectivity index (χ0) is 22.7. The molecule has 2 aromatic rings. The Morgan fingerprint density at radius 2 is 1.72 bits per heavy atom. The fourth-order valence-electron chi connectivity index (χ4n) is 5.13. The van der Waals surface area contributed by atoms with Gasteiger partial charge in [0.1, 0.15) is 17.5 Å². The number of hydrogen-bond acceptors (Lipinski definition) is 6. The Labute approximate surface area is 190 Å². The van der Waals surface area contributed by atoms with Gasteiger partial charge in [-0.1, -0.05) is 31.7 Å². The third kappa shape index (κ3) is 4.86. The monoisotopic (exact) mass is 442 g/mol. The van der Waals surface area contributed by atoms with E-state index in [1.165, 1.54) is 25.7 Å². The second kappa shape index (κ2) is 9.67. The first kappa shape index (κ1) is 22.9. The molecule has 2 aliphatic rings. The number of nitrogen functional groups attached to an aromatic ring is 1. The number of piperidine rings is 1. The van der Waals surface area contributed by atoms with Crippen molar-refractivity contribution in [3.05, 3.63) is 29.6 Å². The summed E-state index contributed by atoms with van der Waals surface area (Å²) in [7, 11) is 4.23. The summed E-state index contributed by atoms with van der Waals surface area (Å²) in [6, 6.07) is 6.04. The fourth-order valence-corrected chi connectivity index (χ4v) is 5.13. The van der Waals surface area contributed by atoms with Crippen molar-refractivity contribution in [2.75, 3.05) is 38.2 Å². The highest BCUT2D eigenvalue weighted by molar-refractivity contribution is 5.56. The van der Waals surface area contributed by atoms with Crippen molar-refractivity contribution in [3.8, 4) is 0 Å². The van der Waals surface area contributed by atoms with Crippen molar-refractivity contribution in [2.45, 2.75) is 70.4 Å². The predicted molar refractivity (Wildman–Crippen MR) is 128 cm³/mol. The van der Waals surface area contributed by atoms with E-state index < -0.39 is 0 Å². The maximum Gasteiger partial charge on any atom is 0.340 e. The summed E-state index contributed by atoms with van der Waals surface area (Å²) in [6.45, 7) is 3.76. The van der Waals surface area contributed by atoms with Gasteiger partial charge in [-0.15, -0.1) is 9.97 Å². The molecule has 3 N–H and O–H groups in total. The van der Waals surface area contributed by atoms with Crippen LogP contribution in [0.4, 0.5) is 27.9 Å². The van der Waals surface area contributed by atoms with E-state index in [4.69, 9.17) is 10.7 Å². The van der Waals surface area contributed by atoms with Crippen molar-refractivity contribution in [2.24, 2.45) is 0 Å². The van der Waals surface area contributed by atoms with Crippen LogP contribution in [-0.4, -0.2) is 59.1 Å². The van der Waals surface area contributed by atoms with Crippen LogP contribution in [0.3, 0.4) is 0 Å². The Morgan fingerprint density at radius 3 is 2.38 bits per heavy atom. The van der Waals surface area contributed by atoms with E-state index in [1.54, 1.807) is 13.0 Å². The lowest BCUT2D eigenvalue weighted by molar-refractivity contribution is 0.180. The fraction of sp³-hybridized carbons (Fsp3) is 0.625. The van der Waals surface area contributed by atoms with Crippen LogP contribution >= 0.6 is 0 Å². The van der Waals surface area contributed by atoms with E-state index in [1.807, 2.05) is 12.1 Å². The molecule has 7 nitrogen and oxygen atoms in total. The van der Waals surface area contributed by atoms with Gasteiger partial charge in [0, 0.05) is 44.1 Å². The minimum Gasteiger partial charge on any atom is -0.367 e. The number of benzene rings is 1. The second-order valence-electron chi connectivity index (χ2n) is 9.69. The van der Waals surface area contributed by atoms with Crippen molar-refractivity contribution in [3.63, 3.8) is 0 Å². The van der Waals surface area contributed by atoms with E-state index in [9.17, 15) is 4.39 Å². The van der Waals surface area contributed by atoms with Gasteiger partial charge >= 0.3 is 5.95 Å². The van der Waals surface area contributed by atoms with Gasteiger partial charge < -0.3 is 16.0 Å². The first-order valence-corrected chi connectivity index (χ1v) is 12.0. The summed E-state index contributed by atoms with van der Waals surface area (Å²) >= 11 is 0. The molecular weight excluding hydrogens is 405 g/mol. The number of aryl methyl sites for hydroxylation is 1. The van der Waals surface area contributed by atoms with Gasteiger partial charge in [0.15, 0.2) is 0 Å². The molecule has 8 heteroatoms. The third-order valence-corrected chi connectivity index (χ3v) is 7.35. The maximum absolute atomic E-state index is 14.7. The number of hydrogen-bond donors (Lipinski definition) is 2. The molecule has 4 rings (SSSR count). The highest BCUT2D eigenvalue weighted by atomic mass is 19.1. The van der Waals surface area contributed by atoms with Crippen LogP contribution in [0.2, 0.25) is 0 Å². The summed E-state index contributed by atoms with van der Waals surface area (Å²) < 4.78 is 15.0. The molecular formula is C24H37FN7+. The van der Waals surface area contributed by atoms with E-state index in [0.29, 0.717) is 28.0 Å². The summed E-state index contributed by atoms with van der Waals surface area (Å²) in [5.74, 6) is 1.10. The summed E-state index contributed by atoms with van der Waals surface area (Å²) in [5, 5.41) is 3.52. The molecule has 0 radical (unpaired) electrons. The van der Waals surface area contributed by atoms with Gasteiger partial charge in [-0.25, -0.2) is 8.87 Å². The SMILES string of the molecule is Cc1ccc([N+](C)(c2nc(N)nc(NC3CCCCCC3)n2)C2CCN(C)CC2)cc1F. The lowest BCUT2D eigenvalue weighted by atomic mass is 10.00. The minimum absolute atomic E-state index is 0.205. The van der Waals surface area contributed by atoms with Crippen LogP contribution in [0.1, 0.15) is 56.9 Å². The molecule has 1 saturated heterocycles. The lowest BCUT2D eigenvalue weighted by Crippen LogP contribution is -2.54. The Bertz CT molecular complexity index is 921. The molecule has 0 amide bonds. The van der Waals surface area contributed by atoms with Crippen LogP contribution in [0, 0.1) is 12.7 Å². The Morgan fingerprint density at radius 1 is 1.03 bits per heavy atom. The molecule has 1 atom stereocenters. The normalized spacial score (nSPS) is 21.1. The van der Waals surface area contributed by atoms with Crippen LogP contribution in [-0.2, 0) is 0 Å². The number of likely N-dealkylation sites (tertiary alicyclic amines) is 1. The standard InChI is InChI=1S/C24H37FN7/c1-17-10-11-20(16-21(17)25)32(3,19-12-14-31(2)15-13-19)24-29-22(26)28-23(30-24)27-18-8-6-4-5-7-9-18/h10-11,16,18-19H,4-9,12-15H2,1-3H3,(H3,26,27,28,29,30)/q+1. The highest BCUT2D eigenvalue weighted by Gasteiger charge is 2.42. The largest absolute Gasteiger partial charge is 0.367 e. The van der Waals surface area contributed by atoms with Gasteiger partial charge in [0.2, 0.25) is 11.9 Å². The molecule has 1 aromatic heterocycles. The molecule has 0 spiro atoms. The van der Waals surface area contributed by atoms with Gasteiger partial charge in [-0.2, -0.15) is 4.98 Å². The number of nitrogens with zero attached hydrogens (tertiary/aromatic N) is 5. The third-order valence-electron chi connectivity index (χ3n) is 7.35. The van der Waals surface area contributed by atoms with Crippen molar-refractivity contribution in [1.82, 2.24) is 24.3 Å². The molecule has 174 valence electrons. The number of quaternary nitrogens is 1. The quantitative estimate of drug-likeness (QED) is 0.528. The predicted octanol–water partition coefficient (Wildman–Crippen LogP) is 4.40. The van der Waals surface area contributed by atoms with Crippen molar-refractivity contribution in [1.29, 1.82) is 0 Å². The van der Waals surface area contributed by atoms with Crippen molar-refractivity contribution >= 4 is 23.5 Å². The average molecular weight is 443 g/mol. The van der Waals surface area contributed by atoms with Gasteiger partial charge in [0.25, 0.3) is 0 Å². The zero-order valence-electron chi connectivity index (χ0n) is 19.6. The summed E-state index contributed by atoms with van der Waals surface area (Å²) in [6.07, 6.45) is 9.18. The number of rotatable bonds is 5. The first-order valence-electron chi connectivity index (χ1n) is 12.0. The van der Waals surface area contributed by atoms with Crippen LogP contribution in [0.15, 0.2) is 18.2 Å². The Kier molecular flexibility index (Phi) is 6.90. The molecule has 1 unspecified atom stereocenters. The number of nitrogens with one attached hydrogen (secondary N) is 1. The smallest absolute Gasteiger partial charge is 0.340 e. The average Bonchev–Trinajstić information content (AvgIpc) is 3.04. The molecule has 1 aliphatic carbocycles.